The summed E-state index contributed by atoms with van der Waals surface area (Å²) in [6, 6.07) is 0.377. The van der Waals surface area contributed by atoms with E-state index in [-0.39, 0.29) is 25.2 Å². The third kappa shape index (κ3) is 7.60. The fourth-order valence-corrected chi connectivity index (χ4v) is 1.48. The molecule has 18 heavy (non-hydrogen) atoms. The van der Waals surface area contributed by atoms with Crippen LogP contribution in [0.25, 0.3) is 0 Å². The van der Waals surface area contributed by atoms with Gasteiger partial charge in [0.1, 0.15) is 0 Å². The molecule has 1 aliphatic carbocycles. The summed E-state index contributed by atoms with van der Waals surface area (Å²) in [5, 5.41) is 15.4. The van der Waals surface area contributed by atoms with Crippen LogP contribution in [0.4, 0.5) is 0 Å². The monoisotopic (exact) mass is 260 g/mol. The Balaban J connectivity index is 1.95. The van der Waals surface area contributed by atoms with Gasteiger partial charge in [0.05, 0.1) is 32.0 Å². The molecule has 1 fully saturated rings. The van der Waals surface area contributed by atoms with Gasteiger partial charge in [-0.3, -0.25) is 4.79 Å². The Labute approximate surface area is 108 Å². The van der Waals surface area contributed by atoms with Crippen LogP contribution in [0.2, 0.25) is 0 Å². The third-order valence-electron chi connectivity index (χ3n) is 2.58. The Bertz CT molecular complexity index is 246. The first-order valence-electron chi connectivity index (χ1n) is 6.40. The number of carbonyl (C=O) groups is 1. The average Bonchev–Trinajstić information content (AvgIpc) is 3.10. The fraction of sp³-hybridized carbons (Fsp3) is 0.917. The van der Waals surface area contributed by atoms with Gasteiger partial charge in [0.15, 0.2) is 0 Å². The topological polar surface area (TPSA) is 79.8 Å². The van der Waals surface area contributed by atoms with E-state index in [0.29, 0.717) is 19.2 Å². The van der Waals surface area contributed by atoms with Crippen molar-refractivity contribution in [1.29, 1.82) is 0 Å². The number of hydrogen-bond donors (Lipinski definition) is 3. The molecule has 0 aromatic rings. The molecule has 0 spiro atoms. The molecule has 0 aliphatic heterocycles. The van der Waals surface area contributed by atoms with E-state index in [2.05, 4.69) is 10.6 Å². The second-order valence-corrected chi connectivity index (χ2v) is 4.73. The standard InChI is InChI=1S/C12H24N2O4/c1-9(7-17-2)18-8-11(15)5-13-6-12(16)14-10-3-4-10/h9-11,13,15H,3-8H2,1-2H3,(H,14,16). The van der Waals surface area contributed by atoms with Crippen LogP contribution in [0, 0.1) is 0 Å². The zero-order valence-corrected chi connectivity index (χ0v) is 11.1. The van der Waals surface area contributed by atoms with E-state index in [0.717, 1.165) is 12.8 Å². The molecule has 0 saturated heterocycles. The largest absolute Gasteiger partial charge is 0.389 e. The number of rotatable bonds is 10. The van der Waals surface area contributed by atoms with E-state index in [4.69, 9.17) is 9.47 Å². The maximum absolute atomic E-state index is 11.3. The van der Waals surface area contributed by atoms with Gasteiger partial charge in [-0.15, -0.1) is 0 Å². The first kappa shape index (κ1) is 15.4. The van der Waals surface area contributed by atoms with Gasteiger partial charge < -0.3 is 25.2 Å². The highest BCUT2D eigenvalue weighted by molar-refractivity contribution is 5.78. The van der Waals surface area contributed by atoms with Crippen molar-refractivity contribution in [3.63, 3.8) is 0 Å². The zero-order chi connectivity index (χ0) is 13.4. The Morgan fingerprint density at radius 1 is 1.44 bits per heavy atom. The quantitative estimate of drug-likeness (QED) is 0.482. The molecule has 2 atom stereocenters. The lowest BCUT2D eigenvalue weighted by atomic mass is 10.3. The summed E-state index contributed by atoms with van der Waals surface area (Å²) in [4.78, 5) is 11.3. The van der Waals surface area contributed by atoms with Crippen LogP contribution < -0.4 is 10.6 Å². The summed E-state index contributed by atoms with van der Waals surface area (Å²) in [7, 11) is 1.61. The molecule has 0 aromatic heterocycles. The number of carbonyl (C=O) groups excluding carboxylic acids is 1. The van der Waals surface area contributed by atoms with Gasteiger partial charge in [-0.25, -0.2) is 0 Å². The van der Waals surface area contributed by atoms with Crippen LogP contribution in [0.15, 0.2) is 0 Å². The molecule has 6 heteroatoms. The molecule has 3 N–H and O–H groups in total. The summed E-state index contributed by atoms with van der Waals surface area (Å²) in [6.45, 7) is 3.21. The predicted molar refractivity (Wildman–Crippen MR) is 67.3 cm³/mol. The molecule has 2 unspecified atom stereocenters. The van der Waals surface area contributed by atoms with E-state index in [9.17, 15) is 9.90 Å². The van der Waals surface area contributed by atoms with Gasteiger partial charge in [-0.1, -0.05) is 0 Å². The lowest BCUT2D eigenvalue weighted by molar-refractivity contribution is -0.120. The summed E-state index contributed by atoms with van der Waals surface area (Å²) in [5.74, 6) is -0.0154. The van der Waals surface area contributed by atoms with Gasteiger partial charge >= 0.3 is 0 Å². The van der Waals surface area contributed by atoms with E-state index in [1.165, 1.54) is 0 Å². The van der Waals surface area contributed by atoms with E-state index >= 15 is 0 Å². The van der Waals surface area contributed by atoms with E-state index in [1.54, 1.807) is 7.11 Å². The normalized spacial score (nSPS) is 18.4. The van der Waals surface area contributed by atoms with Crippen molar-refractivity contribution in [1.82, 2.24) is 10.6 Å². The highest BCUT2D eigenvalue weighted by Crippen LogP contribution is 2.18. The highest BCUT2D eigenvalue weighted by atomic mass is 16.5. The number of ether oxygens (including phenoxy) is 2. The van der Waals surface area contributed by atoms with Crippen molar-refractivity contribution in [2.24, 2.45) is 0 Å². The minimum Gasteiger partial charge on any atom is -0.389 e. The van der Waals surface area contributed by atoms with Gasteiger partial charge in [0, 0.05) is 19.7 Å². The second-order valence-electron chi connectivity index (χ2n) is 4.73. The Morgan fingerprint density at radius 2 is 2.17 bits per heavy atom. The van der Waals surface area contributed by atoms with Crippen molar-refractivity contribution < 1.29 is 19.4 Å². The Hall–Kier alpha value is -0.690. The highest BCUT2D eigenvalue weighted by Gasteiger charge is 2.22. The molecule has 6 nitrogen and oxygen atoms in total. The molecule has 0 radical (unpaired) electrons. The molecule has 0 heterocycles. The molecule has 1 aliphatic rings. The molecule has 1 amide bonds. The lowest BCUT2D eigenvalue weighted by Gasteiger charge is -2.16. The van der Waals surface area contributed by atoms with Crippen molar-refractivity contribution in [3.05, 3.63) is 0 Å². The summed E-state index contributed by atoms with van der Waals surface area (Å²) in [6.07, 6.45) is 1.51. The van der Waals surface area contributed by atoms with Gasteiger partial charge in [-0.2, -0.15) is 0 Å². The van der Waals surface area contributed by atoms with Crippen molar-refractivity contribution in [2.45, 2.75) is 38.0 Å². The minimum absolute atomic E-state index is 0.0154. The molecule has 1 saturated carbocycles. The number of aliphatic hydroxyl groups is 1. The smallest absolute Gasteiger partial charge is 0.234 e. The zero-order valence-electron chi connectivity index (χ0n) is 11.1. The van der Waals surface area contributed by atoms with Gasteiger partial charge in [-0.05, 0) is 19.8 Å². The molecule has 0 aromatic carbocycles. The summed E-state index contributed by atoms with van der Waals surface area (Å²) in [5.41, 5.74) is 0. The number of aliphatic hydroxyl groups excluding tert-OH is 1. The van der Waals surface area contributed by atoms with Crippen LogP contribution in [0.1, 0.15) is 19.8 Å². The number of hydrogen-bond acceptors (Lipinski definition) is 5. The Morgan fingerprint density at radius 3 is 2.78 bits per heavy atom. The molecule has 0 bridgehead atoms. The number of nitrogens with one attached hydrogen (secondary N) is 2. The van der Waals surface area contributed by atoms with Crippen molar-refractivity contribution >= 4 is 5.91 Å². The fourth-order valence-electron chi connectivity index (χ4n) is 1.48. The SMILES string of the molecule is COCC(C)OCC(O)CNCC(=O)NC1CC1. The maximum Gasteiger partial charge on any atom is 0.234 e. The van der Waals surface area contributed by atoms with Crippen LogP contribution in [-0.4, -0.2) is 62.7 Å². The average molecular weight is 260 g/mol. The molecule has 106 valence electrons. The van der Waals surface area contributed by atoms with Crippen molar-refractivity contribution in [2.75, 3.05) is 33.4 Å². The van der Waals surface area contributed by atoms with Crippen LogP contribution in [0.5, 0.6) is 0 Å². The minimum atomic E-state index is -0.613. The second kappa shape index (κ2) is 8.42. The predicted octanol–water partition coefficient (Wildman–Crippen LogP) is -0.733. The van der Waals surface area contributed by atoms with Crippen LogP contribution in [-0.2, 0) is 14.3 Å². The lowest BCUT2D eigenvalue weighted by Crippen LogP contribution is -2.39. The maximum atomic E-state index is 11.3. The number of amides is 1. The van der Waals surface area contributed by atoms with Gasteiger partial charge in [0.25, 0.3) is 0 Å². The number of methoxy groups -OCH3 is 1. The molecular formula is C12H24N2O4. The summed E-state index contributed by atoms with van der Waals surface area (Å²) < 4.78 is 10.3. The molecular weight excluding hydrogens is 236 g/mol. The van der Waals surface area contributed by atoms with Crippen LogP contribution in [0.3, 0.4) is 0 Å². The first-order valence-corrected chi connectivity index (χ1v) is 6.40. The van der Waals surface area contributed by atoms with E-state index in [1.807, 2.05) is 6.92 Å². The van der Waals surface area contributed by atoms with Crippen LogP contribution >= 0.6 is 0 Å². The molecule has 1 rings (SSSR count). The van der Waals surface area contributed by atoms with E-state index < -0.39 is 6.10 Å². The third-order valence-corrected chi connectivity index (χ3v) is 2.58. The van der Waals surface area contributed by atoms with Gasteiger partial charge in [0.2, 0.25) is 5.91 Å². The summed E-state index contributed by atoms with van der Waals surface area (Å²) >= 11 is 0. The van der Waals surface area contributed by atoms with Crippen molar-refractivity contribution in [3.8, 4) is 0 Å². The first-order chi connectivity index (χ1) is 8.61. The Kier molecular flexibility index (Phi) is 7.19.